The Kier molecular flexibility index (Phi) is 2.29. The fraction of sp³-hybridized carbons (Fsp3) is 0.500. The Morgan fingerprint density at radius 3 is 2.86 bits per heavy atom. The number of carboxylic acids is 1. The molecule has 0 radical (unpaired) electrons. The molecule has 1 saturated heterocycles. The summed E-state index contributed by atoms with van der Waals surface area (Å²) in [4.78, 5) is 12.7. The first-order valence-electron chi connectivity index (χ1n) is 4.72. The maximum atomic E-state index is 10.6. The molecular weight excluding hydrogens is 180 g/mol. The van der Waals surface area contributed by atoms with E-state index in [1.54, 1.807) is 0 Å². The number of nitrogens with zero attached hydrogens (tertiary/aromatic N) is 2. The van der Waals surface area contributed by atoms with E-state index in [1.165, 1.54) is 5.69 Å². The van der Waals surface area contributed by atoms with Crippen molar-refractivity contribution in [2.24, 2.45) is 13.0 Å². The summed E-state index contributed by atoms with van der Waals surface area (Å²) in [5.41, 5.74) is 1.23. The van der Waals surface area contributed by atoms with Gasteiger partial charge in [-0.3, -0.25) is 9.69 Å². The standard InChI is InChI=1S/C10H14N2O2/c1-11-4-2-3-9(11)7-12-5-8(6-12)10(13)14/h2-4,8H,5-7H2,1H3,(H,13,14). The maximum Gasteiger partial charge on any atom is 0.309 e. The van der Waals surface area contributed by atoms with Crippen LogP contribution < -0.4 is 0 Å². The van der Waals surface area contributed by atoms with Crippen molar-refractivity contribution in [3.05, 3.63) is 24.0 Å². The van der Waals surface area contributed by atoms with Gasteiger partial charge in [0.05, 0.1) is 5.92 Å². The van der Waals surface area contributed by atoms with Crippen molar-refractivity contribution < 1.29 is 9.90 Å². The summed E-state index contributed by atoms with van der Waals surface area (Å²) in [6, 6.07) is 4.07. The van der Waals surface area contributed by atoms with Gasteiger partial charge < -0.3 is 9.67 Å². The summed E-state index contributed by atoms with van der Waals surface area (Å²) in [6.07, 6.45) is 2.00. The molecule has 0 bridgehead atoms. The van der Waals surface area contributed by atoms with Crippen LogP contribution in [0.2, 0.25) is 0 Å². The topological polar surface area (TPSA) is 45.5 Å². The largest absolute Gasteiger partial charge is 0.481 e. The number of aliphatic carboxylic acids is 1. The molecule has 0 aromatic carbocycles. The molecule has 14 heavy (non-hydrogen) atoms. The minimum atomic E-state index is -0.673. The van der Waals surface area contributed by atoms with Crippen LogP contribution in [-0.2, 0) is 18.4 Å². The summed E-state index contributed by atoms with van der Waals surface area (Å²) in [6.45, 7) is 2.22. The van der Waals surface area contributed by atoms with E-state index in [-0.39, 0.29) is 5.92 Å². The predicted molar refractivity (Wildman–Crippen MR) is 51.8 cm³/mol. The number of hydrogen-bond donors (Lipinski definition) is 1. The second kappa shape index (κ2) is 3.46. The number of aromatic nitrogens is 1. The molecule has 1 aromatic heterocycles. The van der Waals surface area contributed by atoms with Crippen LogP contribution in [0.15, 0.2) is 18.3 Å². The minimum Gasteiger partial charge on any atom is -0.481 e. The molecule has 1 aliphatic heterocycles. The highest BCUT2D eigenvalue weighted by atomic mass is 16.4. The molecule has 4 heteroatoms. The van der Waals surface area contributed by atoms with Gasteiger partial charge >= 0.3 is 5.97 Å². The lowest BCUT2D eigenvalue weighted by atomic mass is 10.0. The number of rotatable bonds is 3. The smallest absolute Gasteiger partial charge is 0.309 e. The van der Waals surface area contributed by atoms with E-state index >= 15 is 0 Å². The van der Waals surface area contributed by atoms with Crippen LogP contribution in [0.4, 0.5) is 0 Å². The van der Waals surface area contributed by atoms with Crippen molar-refractivity contribution in [1.29, 1.82) is 0 Å². The van der Waals surface area contributed by atoms with Gasteiger partial charge in [-0.1, -0.05) is 0 Å². The SMILES string of the molecule is Cn1cccc1CN1CC(C(=O)O)C1. The van der Waals surface area contributed by atoms with Gasteiger partial charge in [0.1, 0.15) is 0 Å². The van der Waals surface area contributed by atoms with Gasteiger partial charge in [0.2, 0.25) is 0 Å². The van der Waals surface area contributed by atoms with E-state index in [0.29, 0.717) is 13.1 Å². The van der Waals surface area contributed by atoms with Gasteiger partial charge in [0, 0.05) is 38.6 Å². The van der Waals surface area contributed by atoms with Crippen molar-refractivity contribution in [3.63, 3.8) is 0 Å². The van der Waals surface area contributed by atoms with Crippen molar-refractivity contribution in [1.82, 2.24) is 9.47 Å². The lowest BCUT2D eigenvalue weighted by Crippen LogP contribution is -2.49. The lowest BCUT2D eigenvalue weighted by Gasteiger charge is -2.36. The monoisotopic (exact) mass is 194 g/mol. The third-order valence-electron chi connectivity index (χ3n) is 2.74. The summed E-state index contributed by atoms with van der Waals surface area (Å²) >= 11 is 0. The summed E-state index contributed by atoms with van der Waals surface area (Å²) in [5, 5.41) is 8.70. The Morgan fingerprint density at radius 2 is 2.36 bits per heavy atom. The van der Waals surface area contributed by atoms with E-state index in [1.807, 2.05) is 19.3 Å². The first kappa shape index (κ1) is 9.27. The summed E-state index contributed by atoms with van der Waals surface area (Å²) in [5.74, 6) is -0.830. The van der Waals surface area contributed by atoms with Crippen LogP contribution in [0.1, 0.15) is 5.69 Å². The van der Waals surface area contributed by atoms with Gasteiger partial charge in [-0.25, -0.2) is 0 Å². The molecule has 76 valence electrons. The Bertz CT molecular complexity index is 340. The van der Waals surface area contributed by atoms with E-state index in [0.717, 1.165) is 6.54 Å². The highest BCUT2D eigenvalue weighted by molar-refractivity contribution is 5.71. The number of carboxylic acid groups (broad SMARTS) is 1. The predicted octanol–water partition coefficient (Wildman–Crippen LogP) is 0.541. The zero-order valence-corrected chi connectivity index (χ0v) is 8.18. The Hall–Kier alpha value is -1.29. The molecule has 1 aromatic rings. The number of likely N-dealkylation sites (tertiary alicyclic amines) is 1. The molecule has 1 aliphatic rings. The first-order valence-corrected chi connectivity index (χ1v) is 4.72. The molecule has 0 amide bonds. The van der Waals surface area contributed by atoms with Gasteiger partial charge in [-0.15, -0.1) is 0 Å². The fourth-order valence-corrected chi connectivity index (χ4v) is 1.75. The highest BCUT2D eigenvalue weighted by Gasteiger charge is 2.32. The molecule has 1 N–H and O–H groups in total. The van der Waals surface area contributed by atoms with Crippen molar-refractivity contribution in [2.75, 3.05) is 13.1 Å². The third kappa shape index (κ3) is 1.65. The number of carbonyl (C=O) groups is 1. The second-order valence-corrected chi connectivity index (χ2v) is 3.84. The average Bonchev–Trinajstić information content (AvgIpc) is 2.42. The molecule has 0 atom stereocenters. The Morgan fingerprint density at radius 1 is 1.64 bits per heavy atom. The Labute approximate surface area is 82.7 Å². The van der Waals surface area contributed by atoms with Crippen LogP contribution in [0.25, 0.3) is 0 Å². The fourth-order valence-electron chi connectivity index (χ4n) is 1.75. The average molecular weight is 194 g/mol. The molecular formula is C10H14N2O2. The van der Waals surface area contributed by atoms with E-state index in [4.69, 9.17) is 5.11 Å². The van der Waals surface area contributed by atoms with Gasteiger partial charge in [-0.05, 0) is 12.1 Å². The van der Waals surface area contributed by atoms with E-state index in [2.05, 4.69) is 15.5 Å². The summed E-state index contributed by atoms with van der Waals surface area (Å²) in [7, 11) is 2.00. The lowest BCUT2D eigenvalue weighted by molar-refractivity contribution is -0.147. The van der Waals surface area contributed by atoms with Crippen LogP contribution in [0, 0.1) is 5.92 Å². The second-order valence-electron chi connectivity index (χ2n) is 3.84. The van der Waals surface area contributed by atoms with E-state index < -0.39 is 5.97 Å². The molecule has 0 unspecified atom stereocenters. The molecule has 2 heterocycles. The van der Waals surface area contributed by atoms with E-state index in [9.17, 15) is 4.79 Å². The van der Waals surface area contributed by atoms with Crippen LogP contribution in [0.3, 0.4) is 0 Å². The molecule has 0 saturated carbocycles. The first-order chi connectivity index (χ1) is 6.66. The van der Waals surface area contributed by atoms with Gasteiger partial charge in [0.25, 0.3) is 0 Å². The third-order valence-corrected chi connectivity index (χ3v) is 2.74. The zero-order chi connectivity index (χ0) is 10.1. The Balaban J connectivity index is 1.85. The maximum absolute atomic E-state index is 10.6. The quantitative estimate of drug-likeness (QED) is 0.764. The molecule has 0 aliphatic carbocycles. The molecule has 0 spiro atoms. The normalized spacial score (nSPS) is 18.1. The van der Waals surface area contributed by atoms with Crippen molar-refractivity contribution in [2.45, 2.75) is 6.54 Å². The number of aryl methyl sites for hydroxylation is 1. The minimum absolute atomic E-state index is 0.157. The van der Waals surface area contributed by atoms with Crippen LogP contribution >= 0.6 is 0 Å². The molecule has 4 nitrogen and oxygen atoms in total. The van der Waals surface area contributed by atoms with Crippen LogP contribution in [-0.4, -0.2) is 33.6 Å². The van der Waals surface area contributed by atoms with Gasteiger partial charge in [0.15, 0.2) is 0 Å². The molecule has 1 fully saturated rings. The van der Waals surface area contributed by atoms with Crippen molar-refractivity contribution >= 4 is 5.97 Å². The molecule has 2 rings (SSSR count). The number of hydrogen-bond acceptors (Lipinski definition) is 2. The van der Waals surface area contributed by atoms with Crippen molar-refractivity contribution in [3.8, 4) is 0 Å². The van der Waals surface area contributed by atoms with Crippen LogP contribution in [0.5, 0.6) is 0 Å². The highest BCUT2D eigenvalue weighted by Crippen LogP contribution is 2.18. The summed E-state index contributed by atoms with van der Waals surface area (Å²) < 4.78 is 2.06. The van der Waals surface area contributed by atoms with Gasteiger partial charge in [-0.2, -0.15) is 0 Å². The zero-order valence-electron chi connectivity index (χ0n) is 8.18.